The fraction of sp³-hybridized carbons (Fsp3) is 0.385. The minimum absolute atomic E-state index is 0.393. The third-order valence-corrected chi connectivity index (χ3v) is 2.66. The Bertz CT molecular complexity index is 339. The van der Waals surface area contributed by atoms with E-state index >= 15 is 0 Å². The van der Waals surface area contributed by atoms with E-state index in [-0.39, 0.29) is 0 Å². The van der Waals surface area contributed by atoms with E-state index in [9.17, 15) is 5.11 Å². The lowest BCUT2D eigenvalue weighted by Gasteiger charge is -2.12. The molecule has 0 saturated carbocycles. The highest BCUT2D eigenvalue weighted by molar-refractivity contribution is 5.63. The molecule has 0 saturated heterocycles. The van der Waals surface area contributed by atoms with Gasteiger partial charge in [0.2, 0.25) is 0 Å². The molecule has 0 aliphatic rings. The first-order chi connectivity index (χ1) is 6.56. The number of benzene rings is 1. The van der Waals surface area contributed by atoms with Gasteiger partial charge in [-0.15, -0.1) is 0 Å². The van der Waals surface area contributed by atoms with Crippen LogP contribution in [0.4, 0.5) is 0 Å². The van der Waals surface area contributed by atoms with Gasteiger partial charge < -0.3 is 5.11 Å². The van der Waals surface area contributed by atoms with Crippen LogP contribution < -0.4 is 0 Å². The summed E-state index contributed by atoms with van der Waals surface area (Å²) < 4.78 is 0. The van der Waals surface area contributed by atoms with Gasteiger partial charge in [-0.05, 0) is 42.5 Å². The molecular weight excluding hydrogens is 172 g/mol. The van der Waals surface area contributed by atoms with E-state index in [1.165, 1.54) is 0 Å². The summed E-state index contributed by atoms with van der Waals surface area (Å²) in [5, 5.41) is 9.69. The Balaban J connectivity index is 3.14. The van der Waals surface area contributed by atoms with Crippen LogP contribution in [0.2, 0.25) is 0 Å². The van der Waals surface area contributed by atoms with Gasteiger partial charge >= 0.3 is 0 Å². The Morgan fingerprint density at radius 3 is 2.64 bits per heavy atom. The summed E-state index contributed by atoms with van der Waals surface area (Å²) in [6.07, 6.45) is 1.03. The number of hydrogen-bond donors (Lipinski definition) is 1. The third-order valence-electron chi connectivity index (χ3n) is 2.66. The molecule has 0 aromatic heterocycles. The van der Waals surface area contributed by atoms with E-state index in [2.05, 4.69) is 20.4 Å². The van der Waals surface area contributed by atoms with Gasteiger partial charge in [0.1, 0.15) is 5.75 Å². The molecule has 1 N–H and O–H groups in total. The maximum absolute atomic E-state index is 9.69. The topological polar surface area (TPSA) is 20.2 Å². The second-order valence-electron chi connectivity index (χ2n) is 3.86. The quantitative estimate of drug-likeness (QED) is 0.765. The standard InChI is InChI=1S/C13H18O/c1-5-10(4)12-8-11(9(2)3)6-7-13(12)14/h6-8,10,14H,2,5H2,1,3-4H3. The van der Waals surface area contributed by atoms with Crippen molar-refractivity contribution in [3.63, 3.8) is 0 Å². The Labute approximate surface area is 86.1 Å². The highest BCUT2D eigenvalue weighted by Gasteiger charge is 2.09. The highest BCUT2D eigenvalue weighted by atomic mass is 16.3. The number of allylic oxidation sites excluding steroid dienone is 1. The Kier molecular flexibility index (Phi) is 3.34. The molecule has 0 spiro atoms. The van der Waals surface area contributed by atoms with Crippen LogP contribution in [-0.2, 0) is 0 Å². The van der Waals surface area contributed by atoms with E-state index in [4.69, 9.17) is 0 Å². The minimum atomic E-state index is 0.393. The first-order valence-electron chi connectivity index (χ1n) is 5.05. The maximum Gasteiger partial charge on any atom is 0.119 e. The summed E-state index contributed by atoms with van der Waals surface area (Å²) in [5.41, 5.74) is 3.17. The van der Waals surface area contributed by atoms with Gasteiger partial charge in [0, 0.05) is 0 Å². The van der Waals surface area contributed by atoms with Gasteiger partial charge in [-0.1, -0.05) is 32.1 Å². The van der Waals surface area contributed by atoms with Crippen molar-refractivity contribution >= 4 is 5.57 Å². The molecule has 1 aromatic rings. The molecule has 1 rings (SSSR count). The average molecular weight is 190 g/mol. The molecule has 1 heteroatoms. The summed E-state index contributed by atoms with van der Waals surface area (Å²) in [7, 11) is 0. The fourth-order valence-corrected chi connectivity index (χ4v) is 1.43. The lowest BCUT2D eigenvalue weighted by atomic mass is 9.94. The molecule has 0 aliphatic carbocycles. The number of phenolic OH excluding ortho intramolecular Hbond substituents is 1. The number of aromatic hydroxyl groups is 1. The average Bonchev–Trinajstić information content (AvgIpc) is 2.17. The van der Waals surface area contributed by atoms with E-state index in [1.54, 1.807) is 6.07 Å². The normalized spacial score (nSPS) is 12.5. The molecule has 0 bridgehead atoms. The van der Waals surface area contributed by atoms with Crippen molar-refractivity contribution in [2.24, 2.45) is 0 Å². The summed E-state index contributed by atoms with van der Waals surface area (Å²) in [6, 6.07) is 5.70. The summed E-state index contributed by atoms with van der Waals surface area (Å²) in [6.45, 7) is 10.1. The molecular formula is C13H18O. The summed E-state index contributed by atoms with van der Waals surface area (Å²) >= 11 is 0. The van der Waals surface area contributed by atoms with Crippen molar-refractivity contribution in [2.75, 3.05) is 0 Å². The first kappa shape index (κ1) is 10.8. The zero-order chi connectivity index (χ0) is 10.7. The van der Waals surface area contributed by atoms with Crippen LogP contribution in [0.25, 0.3) is 5.57 Å². The molecule has 1 unspecified atom stereocenters. The second kappa shape index (κ2) is 4.32. The van der Waals surface area contributed by atoms with Crippen LogP contribution in [-0.4, -0.2) is 5.11 Å². The number of rotatable bonds is 3. The predicted octanol–water partition coefficient (Wildman–Crippen LogP) is 3.94. The van der Waals surface area contributed by atoms with Gasteiger partial charge in [0.25, 0.3) is 0 Å². The second-order valence-corrected chi connectivity index (χ2v) is 3.86. The van der Waals surface area contributed by atoms with Crippen LogP contribution in [0, 0.1) is 0 Å². The fourth-order valence-electron chi connectivity index (χ4n) is 1.43. The number of hydrogen-bond acceptors (Lipinski definition) is 1. The van der Waals surface area contributed by atoms with Crippen LogP contribution in [0.3, 0.4) is 0 Å². The maximum atomic E-state index is 9.69. The minimum Gasteiger partial charge on any atom is -0.508 e. The summed E-state index contributed by atoms with van der Waals surface area (Å²) in [4.78, 5) is 0. The molecule has 0 heterocycles. The molecule has 1 aromatic carbocycles. The lowest BCUT2D eigenvalue weighted by Crippen LogP contribution is -1.93. The largest absolute Gasteiger partial charge is 0.508 e. The molecule has 0 amide bonds. The third kappa shape index (κ3) is 2.16. The highest BCUT2D eigenvalue weighted by Crippen LogP contribution is 2.30. The molecule has 1 atom stereocenters. The number of phenols is 1. The van der Waals surface area contributed by atoms with E-state index in [1.807, 2.05) is 19.1 Å². The Hall–Kier alpha value is -1.24. The van der Waals surface area contributed by atoms with E-state index in [0.717, 1.165) is 23.1 Å². The molecule has 1 nitrogen and oxygen atoms in total. The van der Waals surface area contributed by atoms with Crippen LogP contribution in [0.15, 0.2) is 24.8 Å². The van der Waals surface area contributed by atoms with Crippen molar-refractivity contribution in [1.82, 2.24) is 0 Å². The van der Waals surface area contributed by atoms with Crippen molar-refractivity contribution in [1.29, 1.82) is 0 Å². The molecule has 14 heavy (non-hydrogen) atoms. The van der Waals surface area contributed by atoms with Gasteiger partial charge in [-0.3, -0.25) is 0 Å². The van der Waals surface area contributed by atoms with Crippen LogP contribution in [0.5, 0.6) is 5.75 Å². The van der Waals surface area contributed by atoms with E-state index < -0.39 is 0 Å². The zero-order valence-corrected chi connectivity index (χ0v) is 9.17. The van der Waals surface area contributed by atoms with Crippen molar-refractivity contribution < 1.29 is 5.11 Å². The monoisotopic (exact) mass is 190 g/mol. The van der Waals surface area contributed by atoms with Crippen molar-refractivity contribution in [2.45, 2.75) is 33.1 Å². The lowest BCUT2D eigenvalue weighted by molar-refractivity contribution is 0.462. The van der Waals surface area contributed by atoms with Crippen molar-refractivity contribution in [3.05, 3.63) is 35.9 Å². The van der Waals surface area contributed by atoms with Crippen molar-refractivity contribution in [3.8, 4) is 5.75 Å². The predicted molar refractivity (Wildman–Crippen MR) is 61.5 cm³/mol. The van der Waals surface area contributed by atoms with Gasteiger partial charge in [-0.2, -0.15) is 0 Å². The van der Waals surface area contributed by atoms with Gasteiger partial charge in [0.15, 0.2) is 0 Å². The van der Waals surface area contributed by atoms with E-state index in [0.29, 0.717) is 11.7 Å². The molecule has 0 aliphatic heterocycles. The van der Waals surface area contributed by atoms with Crippen LogP contribution >= 0.6 is 0 Å². The first-order valence-corrected chi connectivity index (χ1v) is 5.05. The molecule has 0 fully saturated rings. The molecule has 0 radical (unpaired) electrons. The summed E-state index contributed by atoms with van der Waals surface area (Å²) in [5.74, 6) is 0.790. The Morgan fingerprint density at radius 2 is 2.14 bits per heavy atom. The Morgan fingerprint density at radius 1 is 1.50 bits per heavy atom. The smallest absolute Gasteiger partial charge is 0.119 e. The SMILES string of the molecule is C=C(C)c1ccc(O)c(C(C)CC)c1. The molecule has 76 valence electrons. The zero-order valence-electron chi connectivity index (χ0n) is 9.17. The van der Waals surface area contributed by atoms with Crippen LogP contribution in [0.1, 0.15) is 44.2 Å². The van der Waals surface area contributed by atoms with Gasteiger partial charge in [0.05, 0.1) is 0 Å². The van der Waals surface area contributed by atoms with Gasteiger partial charge in [-0.25, -0.2) is 0 Å².